The molecule has 1 atom stereocenters. The fourth-order valence-corrected chi connectivity index (χ4v) is 3.33. The Labute approximate surface area is 155 Å². The molecule has 26 heavy (non-hydrogen) atoms. The highest BCUT2D eigenvalue weighted by Gasteiger charge is 2.26. The lowest BCUT2D eigenvalue weighted by molar-refractivity contribution is 0.0579. The normalized spacial score (nSPS) is 16.1. The van der Waals surface area contributed by atoms with Crippen LogP contribution in [-0.2, 0) is 11.3 Å². The number of hydrogen-bond acceptors (Lipinski definition) is 5. The molecular formula is C21H27NO4. The second-order valence-corrected chi connectivity index (χ2v) is 6.49. The van der Waals surface area contributed by atoms with E-state index in [9.17, 15) is 0 Å². The van der Waals surface area contributed by atoms with Crippen molar-refractivity contribution in [3.63, 3.8) is 0 Å². The van der Waals surface area contributed by atoms with Gasteiger partial charge < -0.3 is 24.7 Å². The summed E-state index contributed by atoms with van der Waals surface area (Å²) in [6.07, 6.45) is 1.90. The van der Waals surface area contributed by atoms with E-state index < -0.39 is 0 Å². The summed E-state index contributed by atoms with van der Waals surface area (Å²) >= 11 is 0. The van der Waals surface area contributed by atoms with Gasteiger partial charge in [-0.15, -0.1) is 0 Å². The molecular weight excluding hydrogens is 330 g/mol. The number of hydrogen-bond donors (Lipinski definition) is 1. The third-order valence-corrected chi connectivity index (χ3v) is 4.89. The zero-order chi connectivity index (χ0) is 18.4. The van der Waals surface area contributed by atoms with Crippen molar-refractivity contribution in [2.45, 2.75) is 25.5 Å². The van der Waals surface area contributed by atoms with Crippen LogP contribution in [0.5, 0.6) is 17.2 Å². The van der Waals surface area contributed by atoms with Crippen molar-refractivity contribution in [1.82, 2.24) is 0 Å². The molecule has 1 aliphatic heterocycles. The van der Waals surface area contributed by atoms with Crippen molar-refractivity contribution >= 4 is 0 Å². The highest BCUT2D eigenvalue weighted by Crippen LogP contribution is 2.40. The van der Waals surface area contributed by atoms with Crippen LogP contribution in [0.1, 0.15) is 30.0 Å². The van der Waals surface area contributed by atoms with Crippen LogP contribution in [0.25, 0.3) is 0 Å². The van der Waals surface area contributed by atoms with Crippen LogP contribution in [0.3, 0.4) is 0 Å². The lowest BCUT2D eigenvalue weighted by Gasteiger charge is -2.29. The molecule has 0 bridgehead atoms. The second kappa shape index (κ2) is 8.92. The van der Waals surface area contributed by atoms with E-state index in [1.807, 2.05) is 42.5 Å². The lowest BCUT2D eigenvalue weighted by atomic mass is 9.87. The monoisotopic (exact) mass is 357 g/mol. The van der Waals surface area contributed by atoms with Crippen LogP contribution in [0.2, 0.25) is 0 Å². The molecule has 2 aromatic carbocycles. The predicted octanol–water partition coefficient (Wildman–Crippen LogP) is 3.71. The summed E-state index contributed by atoms with van der Waals surface area (Å²) in [6.45, 7) is 1.99. The Balaban J connectivity index is 1.88. The van der Waals surface area contributed by atoms with Crippen molar-refractivity contribution in [2.24, 2.45) is 11.7 Å². The second-order valence-electron chi connectivity index (χ2n) is 6.49. The molecule has 1 fully saturated rings. The SMILES string of the molecule is COc1cc(OCc2ccccc2)c([C@H](N)C2CCOCC2)cc1OC. The first-order chi connectivity index (χ1) is 12.7. The molecule has 5 nitrogen and oxygen atoms in total. The summed E-state index contributed by atoms with van der Waals surface area (Å²) in [5.74, 6) is 2.40. The molecule has 140 valence electrons. The topological polar surface area (TPSA) is 62.9 Å². The van der Waals surface area contributed by atoms with Crippen molar-refractivity contribution < 1.29 is 18.9 Å². The molecule has 1 aliphatic rings. The molecule has 0 spiro atoms. The summed E-state index contributed by atoms with van der Waals surface area (Å²) in [6, 6.07) is 13.8. The molecule has 0 aromatic heterocycles. The van der Waals surface area contributed by atoms with Crippen molar-refractivity contribution in [3.05, 3.63) is 53.6 Å². The average Bonchev–Trinajstić information content (AvgIpc) is 2.72. The van der Waals surface area contributed by atoms with Gasteiger partial charge in [0, 0.05) is 30.9 Å². The van der Waals surface area contributed by atoms with Crippen LogP contribution in [0.15, 0.2) is 42.5 Å². The Bertz CT molecular complexity index is 699. The van der Waals surface area contributed by atoms with E-state index in [1.165, 1.54) is 0 Å². The van der Waals surface area contributed by atoms with Gasteiger partial charge in [-0.05, 0) is 30.4 Å². The molecule has 0 saturated carbocycles. The fourth-order valence-electron chi connectivity index (χ4n) is 3.33. The third-order valence-electron chi connectivity index (χ3n) is 4.89. The van der Waals surface area contributed by atoms with E-state index in [0.29, 0.717) is 24.0 Å². The molecule has 1 heterocycles. The van der Waals surface area contributed by atoms with Gasteiger partial charge in [0.1, 0.15) is 12.4 Å². The zero-order valence-corrected chi connectivity index (χ0v) is 15.4. The Hall–Kier alpha value is -2.24. The number of benzene rings is 2. The summed E-state index contributed by atoms with van der Waals surface area (Å²) in [7, 11) is 3.25. The van der Waals surface area contributed by atoms with E-state index >= 15 is 0 Å². The van der Waals surface area contributed by atoms with Crippen LogP contribution in [-0.4, -0.2) is 27.4 Å². The van der Waals surface area contributed by atoms with Crippen molar-refractivity contribution in [2.75, 3.05) is 27.4 Å². The summed E-state index contributed by atoms with van der Waals surface area (Å²) in [4.78, 5) is 0. The van der Waals surface area contributed by atoms with Gasteiger partial charge in [0.05, 0.1) is 14.2 Å². The average molecular weight is 357 g/mol. The zero-order valence-electron chi connectivity index (χ0n) is 15.4. The first-order valence-corrected chi connectivity index (χ1v) is 8.99. The fraction of sp³-hybridized carbons (Fsp3) is 0.429. The minimum atomic E-state index is -0.135. The lowest BCUT2D eigenvalue weighted by Crippen LogP contribution is -2.28. The number of nitrogens with two attached hydrogens (primary N) is 1. The molecule has 0 aliphatic carbocycles. The molecule has 1 saturated heterocycles. The van der Waals surface area contributed by atoms with Crippen molar-refractivity contribution in [1.29, 1.82) is 0 Å². The van der Waals surface area contributed by atoms with Crippen molar-refractivity contribution in [3.8, 4) is 17.2 Å². The highest BCUT2D eigenvalue weighted by atomic mass is 16.5. The van der Waals surface area contributed by atoms with Crippen LogP contribution < -0.4 is 19.9 Å². The van der Waals surface area contributed by atoms with E-state index in [-0.39, 0.29) is 6.04 Å². The van der Waals surface area contributed by atoms with Gasteiger partial charge in [0.15, 0.2) is 11.5 Å². The molecule has 3 rings (SSSR count). The Morgan fingerprint density at radius 2 is 1.65 bits per heavy atom. The van der Waals surface area contributed by atoms with E-state index in [4.69, 9.17) is 24.7 Å². The summed E-state index contributed by atoms with van der Waals surface area (Å²) in [5.41, 5.74) is 8.68. The largest absolute Gasteiger partial charge is 0.493 e. The van der Waals surface area contributed by atoms with Gasteiger partial charge in [-0.3, -0.25) is 0 Å². The summed E-state index contributed by atoms with van der Waals surface area (Å²) < 4.78 is 22.5. The number of ether oxygens (including phenoxy) is 4. The van der Waals surface area contributed by atoms with E-state index in [2.05, 4.69) is 0 Å². The molecule has 2 N–H and O–H groups in total. The van der Waals surface area contributed by atoms with Gasteiger partial charge in [0.2, 0.25) is 0 Å². The maximum Gasteiger partial charge on any atom is 0.164 e. The maximum atomic E-state index is 6.62. The molecule has 2 aromatic rings. The Morgan fingerprint density at radius 3 is 2.31 bits per heavy atom. The first-order valence-electron chi connectivity index (χ1n) is 8.99. The highest BCUT2D eigenvalue weighted by molar-refractivity contribution is 5.52. The first kappa shape index (κ1) is 18.5. The van der Waals surface area contributed by atoms with Crippen LogP contribution >= 0.6 is 0 Å². The van der Waals surface area contributed by atoms with Gasteiger partial charge in [-0.1, -0.05) is 30.3 Å². The van der Waals surface area contributed by atoms with Gasteiger partial charge >= 0.3 is 0 Å². The molecule has 0 amide bonds. The third kappa shape index (κ3) is 4.29. The summed E-state index contributed by atoms with van der Waals surface area (Å²) in [5, 5.41) is 0. The maximum absolute atomic E-state index is 6.62. The molecule has 0 radical (unpaired) electrons. The minimum Gasteiger partial charge on any atom is -0.493 e. The minimum absolute atomic E-state index is 0.135. The predicted molar refractivity (Wildman–Crippen MR) is 101 cm³/mol. The molecule has 5 heteroatoms. The van der Waals surface area contributed by atoms with Gasteiger partial charge in [0.25, 0.3) is 0 Å². The van der Waals surface area contributed by atoms with E-state index in [1.54, 1.807) is 14.2 Å². The smallest absolute Gasteiger partial charge is 0.164 e. The number of rotatable bonds is 7. The number of methoxy groups -OCH3 is 2. The van der Waals surface area contributed by atoms with Crippen LogP contribution in [0.4, 0.5) is 0 Å². The van der Waals surface area contributed by atoms with Gasteiger partial charge in [-0.25, -0.2) is 0 Å². The van der Waals surface area contributed by atoms with E-state index in [0.717, 1.165) is 42.9 Å². The van der Waals surface area contributed by atoms with Gasteiger partial charge in [-0.2, -0.15) is 0 Å². The Morgan fingerprint density at radius 1 is 1.00 bits per heavy atom. The molecule has 0 unspecified atom stereocenters. The Kier molecular flexibility index (Phi) is 6.36. The quantitative estimate of drug-likeness (QED) is 0.818. The van der Waals surface area contributed by atoms with Crippen LogP contribution in [0, 0.1) is 5.92 Å². The standard InChI is InChI=1S/C21H27NO4/c1-23-19-12-17(21(22)16-8-10-25-11-9-16)18(13-20(19)24-2)26-14-15-6-4-3-5-7-15/h3-7,12-13,16,21H,8-11,14,22H2,1-2H3/t21-/m1/s1.